The van der Waals surface area contributed by atoms with Crippen molar-refractivity contribution in [1.29, 1.82) is 0 Å². The summed E-state index contributed by atoms with van der Waals surface area (Å²) in [5, 5.41) is 0. The summed E-state index contributed by atoms with van der Waals surface area (Å²) in [6, 6.07) is 10.7. The molecule has 1 aromatic rings. The Morgan fingerprint density at radius 3 is 2.22 bits per heavy atom. The van der Waals surface area contributed by atoms with Crippen molar-refractivity contribution in [1.82, 2.24) is 19.6 Å². The number of amides is 3. The first-order chi connectivity index (χ1) is 17.1. The topological polar surface area (TPSA) is 81.2 Å². The van der Waals surface area contributed by atoms with Crippen molar-refractivity contribution in [3.05, 3.63) is 35.9 Å². The van der Waals surface area contributed by atoms with Crippen LogP contribution in [0, 0.1) is 5.92 Å². The van der Waals surface area contributed by atoms with E-state index in [2.05, 4.69) is 54.2 Å². The van der Waals surface area contributed by atoms with E-state index >= 15 is 0 Å². The fourth-order valence-electron chi connectivity index (χ4n) is 6.74. The van der Waals surface area contributed by atoms with Crippen LogP contribution in [0.25, 0.3) is 0 Å². The van der Waals surface area contributed by atoms with Crippen molar-refractivity contribution in [3.63, 3.8) is 0 Å². The number of sulfone groups is 1. The van der Waals surface area contributed by atoms with Gasteiger partial charge in [0.2, 0.25) is 5.91 Å². The van der Waals surface area contributed by atoms with Gasteiger partial charge in [-0.05, 0) is 64.1 Å². The van der Waals surface area contributed by atoms with Gasteiger partial charge in [0, 0.05) is 31.7 Å². The van der Waals surface area contributed by atoms with Crippen molar-refractivity contribution in [2.75, 3.05) is 58.3 Å². The second-order valence-corrected chi connectivity index (χ2v) is 13.9. The summed E-state index contributed by atoms with van der Waals surface area (Å²) < 4.78 is 23.6. The van der Waals surface area contributed by atoms with E-state index in [0.717, 1.165) is 32.2 Å². The number of carbonyl (C=O) groups excluding carboxylic acids is 2. The Hall–Kier alpha value is -2.13. The predicted octanol–water partition coefficient (Wildman–Crippen LogP) is 2.55. The van der Waals surface area contributed by atoms with Crippen LogP contribution in [0.2, 0.25) is 0 Å². The lowest BCUT2D eigenvalue weighted by Crippen LogP contribution is -2.56. The van der Waals surface area contributed by atoms with Crippen LogP contribution < -0.4 is 0 Å². The minimum Gasteiger partial charge on any atom is -0.339 e. The highest BCUT2D eigenvalue weighted by Gasteiger charge is 2.55. The largest absolute Gasteiger partial charge is 0.339 e. The Kier molecular flexibility index (Phi) is 6.83. The lowest BCUT2D eigenvalue weighted by atomic mass is 9.68. The van der Waals surface area contributed by atoms with Gasteiger partial charge in [-0.2, -0.15) is 0 Å². The summed E-state index contributed by atoms with van der Waals surface area (Å²) in [6.07, 6.45) is 7.32. The lowest BCUT2D eigenvalue weighted by Gasteiger charge is -2.51. The average molecular weight is 517 g/mol. The first-order valence-electron chi connectivity index (χ1n) is 13.4. The number of nitrogens with zero attached hydrogens (tertiary/aromatic N) is 4. The highest BCUT2D eigenvalue weighted by Crippen LogP contribution is 2.49. The molecule has 2 aliphatic heterocycles. The highest BCUT2D eigenvalue weighted by molar-refractivity contribution is 7.91. The predicted molar refractivity (Wildman–Crippen MR) is 139 cm³/mol. The summed E-state index contributed by atoms with van der Waals surface area (Å²) >= 11 is 0. The SMILES string of the molecule is CN(C)[C@]1(c2ccccc2)CC[C@@]2(CC1)CN(CC(=O)N1CCS(=O)(=O)CC1)C(=O)N2CC1CCC1. The van der Waals surface area contributed by atoms with E-state index in [-0.39, 0.29) is 54.2 Å². The number of urea groups is 1. The summed E-state index contributed by atoms with van der Waals surface area (Å²) in [6.45, 7) is 1.85. The Morgan fingerprint density at radius 2 is 1.67 bits per heavy atom. The maximum absolute atomic E-state index is 13.7. The standard InChI is InChI=1S/C27H40N4O4S/c1-28(2)27(23-9-4-3-5-10-23)13-11-26(12-14-27)21-30(25(33)31(26)19-22-7-6-8-22)20-24(32)29-15-17-36(34,35)18-16-29/h3-5,9-10,22H,6-8,11-21H2,1-2H3/t26-,27-. The molecular formula is C27H40N4O4S. The molecule has 0 unspecified atom stereocenters. The minimum atomic E-state index is -3.06. The van der Waals surface area contributed by atoms with Crippen molar-refractivity contribution in [2.24, 2.45) is 5.92 Å². The van der Waals surface area contributed by atoms with Gasteiger partial charge in [-0.15, -0.1) is 0 Å². The minimum absolute atomic E-state index is 0.0104. The molecule has 4 aliphatic rings. The maximum Gasteiger partial charge on any atom is 0.321 e. The third-order valence-electron chi connectivity index (χ3n) is 9.42. The molecule has 0 radical (unpaired) electrons. The van der Waals surface area contributed by atoms with Crippen LogP contribution in [0.1, 0.15) is 50.5 Å². The van der Waals surface area contributed by atoms with Gasteiger partial charge < -0.3 is 14.7 Å². The number of hydrogen-bond acceptors (Lipinski definition) is 5. The molecule has 0 atom stereocenters. The zero-order valence-corrected chi connectivity index (χ0v) is 22.5. The van der Waals surface area contributed by atoms with Gasteiger partial charge in [-0.1, -0.05) is 36.8 Å². The zero-order chi connectivity index (χ0) is 25.6. The van der Waals surface area contributed by atoms with Gasteiger partial charge in [0.25, 0.3) is 0 Å². The van der Waals surface area contributed by atoms with Crippen LogP contribution >= 0.6 is 0 Å². The number of carbonyl (C=O) groups is 2. The molecule has 2 saturated heterocycles. The average Bonchev–Trinajstić information content (AvgIpc) is 3.07. The smallest absolute Gasteiger partial charge is 0.321 e. The van der Waals surface area contributed by atoms with Crippen LogP contribution in [-0.4, -0.2) is 104 Å². The zero-order valence-electron chi connectivity index (χ0n) is 21.7. The molecule has 0 N–H and O–H groups in total. The van der Waals surface area contributed by atoms with E-state index in [4.69, 9.17) is 0 Å². The van der Waals surface area contributed by atoms with Crippen LogP contribution in [0.3, 0.4) is 0 Å². The summed E-state index contributed by atoms with van der Waals surface area (Å²) in [5.41, 5.74) is 1.03. The van der Waals surface area contributed by atoms with Gasteiger partial charge in [-0.3, -0.25) is 9.69 Å². The van der Waals surface area contributed by atoms with Gasteiger partial charge in [0.05, 0.1) is 17.0 Å². The summed E-state index contributed by atoms with van der Waals surface area (Å²) in [5.74, 6) is 0.442. The fraction of sp³-hybridized carbons (Fsp3) is 0.704. The van der Waals surface area contributed by atoms with Crippen molar-refractivity contribution in [2.45, 2.75) is 56.0 Å². The lowest BCUT2D eigenvalue weighted by molar-refractivity contribution is -0.131. The normalized spacial score (nSPS) is 30.8. The molecule has 9 heteroatoms. The third-order valence-corrected chi connectivity index (χ3v) is 11.0. The molecule has 1 aromatic carbocycles. The van der Waals surface area contributed by atoms with Gasteiger partial charge in [0.1, 0.15) is 6.54 Å². The Bertz CT molecular complexity index is 1060. The van der Waals surface area contributed by atoms with Crippen LogP contribution in [0.4, 0.5) is 4.79 Å². The first-order valence-corrected chi connectivity index (χ1v) is 15.2. The van der Waals surface area contributed by atoms with Crippen LogP contribution in [0.15, 0.2) is 30.3 Å². The second kappa shape index (κ2) is 9.63. The molecule has 198 valence electrons. The molecule has 1 spiro atoms. The molecule has 3 amide bonds. The molecule has 2 aliphatic carbocycles. The molecule has 4 fully saturated rings. The quantitative estimate of drug-likeness (QED) is 0.581. The van der Waals surface area contributed by atoms with Crippen molar-refractivity contribution >= 4 is 21.8 Å². The molecular weight excluding hydrogens is 476 g/mol. The molecule has 0 aromatic heterocycles. The Labute approximate surface area is 215 Å². The molecule has 0 bridgehead atoms. The van der Waals surface area contributed by atoms with Crippen molar-refractivity contribution < 1.29 is 18.0 Å². The highest BCUT2D eigenvalue weighted by atomic mass is 32.2. The number of rotatable bonds is 6. The fourth-order valence-corrected chi connectivity index (χ4v) is 7.94. The van der Waals surface area contributed by atoms with E-state index in [0.29, 0.717) is 12.5 Å². The first kappa shape index (κ1) is 25.5. The molecule has 2 heterocycles. The molecule has 5 rings (SSSR count). The number of benzene rings is 1. The summed E-state index contributed by atoms with van der Waals surface area (Å²) in [7, 11) is 1.25. The maximum atomic E-state index is 13.7. The third kappa shape index (κ3) is 4.64. The van der Waals surface area contributed by atoms with Crippen LogP contribution in [0.5, 0.6) is 0 Å². The van der Waals surface area contributed by atoms with Crippen LogP contribution in [-0.2, 0) is 20.2 Å². The van der Waals surface area contributed by atoms with Crippen molar-refractivity contribution in [3.8, 4) is 0 Å². The van der Waals surface area contributed by atoms with Gasteiger partial charge in [-0.25, -0.2) is 13.2 Å². The molecule has 2 saturated carbocycles. The van der Waals surface area contributed by atoms with E-state index in [1.165, 1.54) is 24.8 Å². The molecule has 8 nitrogen and oxygen atoms in total. The van der Waals surface area contributed by atoms with Gasteiger partial charge in [0.15, 0.2) is 9.84 Å². The van der Waals surface area contributed by atoms with Gasteiger partial charge >= 0.3 is 6.03 Å². The van der Waals surface area contributed by atoms with E-state index < -0.39 is 9.84 Å². The second-order valence-electron chi connectivity index (χ2n) is 11.6. The summed E-state index contributed by atoms with van der Waals surface area (Å²) in [4.78, 5) is 34.6. The van der Waals surface area contributed by atoms with E-state index in [9.17, 15) is 18.0 Å². The number of hydrogen-bond donors (Lipinski definition) is 0. The Balaban J connectivity index is 1.33. The van der Waals surface area contributed by atoms with E-state index in [1.807, 2.05) is 0 Å². The Morgan fingerprint density at radius 1 is 1.03 bits per heavy atom. The van der Waals surface area contributed by atoms with E-state index in [1.54, 1.807) is 9.80 Å². The monoisotopic (exact) mass is 516 g/mol. The molecule has 36 heavy (non-hydrogen) atoms.